The molecule has 8 heteroatoms. The Labute approximate surface area is 120 Å². The highest BCUT2D eigenvalue weighted by Crippen LogP contribution is 2.11. The smallest absolute Gasteiger partial charge is 0.414 e. The molecule has 1 unspecified atom stereocenters. The van der Waals surface area contributed by atoms with Crippen molar-refractivity contribution in [2.24, 2.45) is 0 Å². The number of aliphatic carboxylic acids is 2. The van der Waals surface area contributed by atoms with E-state index in [-0.39, 0.29) is 18.2 Å². The number of methoxy groups -OCH3 is 1. The lowest BCUT2D eigenvalue weighted by Gasteiger charge is -2.13. The van der Waals surface area contributed by atoms with Crippen molar-refractivity contribution >= 4 is 11.9 Å². The average molecular weight is 305 g/mol. The lowest BCUT2D eigenvalue weighted by Crippen LogP contribution is -2.30. The van der Waals surface area contributed by atoms with Gasteiger partial charge in [-0.25, -0.2) is 18.4 Å². The van der Waals surface area contributed by atoms with Gasteiger partial charge in [0.2, 0.25) is 0 Å². The first-order valence-corrected chi connectivity index (χ1v) is 5.91. The molecule has 6 nitrogen and oxygen atoms in total. The molecule has 118 valence electrons. The molecule has 0 aliphatic carbocycles. The Morgan fingerprint density at radius 2 is 1.71 bits per heavy atom. The standard InChI is InChI=1S/C11H15F2NO.C2H2O4/c1-8(7-15-2)14-6-9-10(12)4-3-5-11(9)13;3-1(4)2(5)6/h3-5,8,14H,6-7H2,1-2H3;(H,3,4)(H,5,6). The summed E-state index contributed by atoms with van der Waals surface area (Å²) < 4.78 is 31.3. The maximum atomic E-state index is 13.2. The number of hydrogen-bond acceptors (Lipinski definition) is 4. The van der Waals surface area contributed by atoms with E-state index in [0.29, 0.717) is 6.61 Å². The van der Waals surface area contributed by atoms with E-state index in [2.05, 4.69) is 5.32 Å². The number of rotatable bonds is 5. The zero-order chi connectivity index (χ0) is 16.4. The van der Waals surface area contributed by atoms with Gasteiger partial charge in [-0.05, 0) is 19.1 Å². The minimum absolute atomic E-state index is 0.0639. The Balaban J connectivity index is 0.000000567. The third kappa shape index (κ3) is 7.95. The average Bonchev–Trinajstić information content (AvgIpc) is 2.39. The first-order chi connectivity index (χ1) is 9.79. The van der Waals surface area contributed by atoms with Crippen molar-refractivity contribution < 1.29 is 33.3 Å². The van der Waals surface area contributed by atoms with Crippen molar-refractivity contribution in [3.05, 3.63) is 35.4 Å². The Kier molecular flexibility index (Phi) is 8.82. The van der Waals surface area contributed by atoms with Crippen LogP contribution in [0.5, 0.6) is 0 Å². The van der Waals surface area contributed by atoms with Crippen LogP contribution in [0.1, 0.15) is 12.5 Å². The van der Waals surface area contributed by atoms with Gasteiger partial charge in [-0.2, -0.15) is 0 Å². The molecule has 0 fully saturated rings. The summed E-state index contributed by atoms with van der Waals surface area (Å²) in [5, 5.41) is 17.8. The van der Waals surface area contributed by atoms with E-state index in [4.69, 9.17) is 24.5 Å². The molecule has 0 aromatic heterocycles. The molecular weight excluding hydrogens is 288 g/mol. The molecule has 0 saturated heterocycles. The van der Waals surface area contributed by atoms with Gasteiger partial charge in [0, 0.05) is 25.3 Å². The van der Waals surface area contributed by atoms with E-state index < -0.39 is 23.6 Å². The predicted octanol–water partition coefficient (Wildman–Crippen LogP) is 1.24. The topological polar surface area (TPSA) is 95.9 Å². The number of hydrogen-bond donors (Lipinski definition) is 3. The minimum Gasteiger partial charge on any atom is -0.473 e. The van der Waals surface area contributed by atoms with Gasteiger partial charge in [0.25, 0.3) is 0 Å². The van der Waals surface area contributed by atoms with Crippen molar-refractivity contribution in [2.75, 3.05) is 13.7 Å². The molecule has 0 aliphatic heterocycles. The maximum Gasteiger partial charge on any atom is 0.414 e. The molecule has 0 radical (unpaired) electrons. The Hall–Kier alpha value is -2.06. The van der Waals surface area contributed by atoms with E-state index in [1.165, 1.54) is 18.2 Å². The van der Waals surface area contributed by atoms with E-state index in [1.54, 1.807) is 7.11 Å². The van der Waals surface area contributed by atoms with Gasteiger partial charge in [-0.15, -0.1) is 0 Å². The summed E-state index contributed by atoms with van der Waals surface area (Å²) in [6.07, 6.45) is 0. The van der Waals surface area contributed by atoms with Gasteiger partial charge in [0.15, 0.2) is 0 Å². The molecule has 1 aromatic rings. The van der Waals surface area contributed by atoms with Crippen molar-refractivity contribution in [3.8, 4) is 0 Å². The van der Waals surface area contributed by atoms with Crippen molar-refractivity contribution in [3.63, 3.8) is 0 Å². The highest BCUT2D eigenvalue weighted by atomic mass is 19.1. The Morgan fingerprint density at radius 1 is 1.24 bits per heavy atom. The van der Waals surface area contributed by atoms with Crippen LogP contribution in [0.4, 0.5) is 8.78 Å². The molecule has 1 aromatic carbocycles. The molecule has 21 heavy (non-hydrogen) atoms. The summed E-state index contributed by atoms with van der Waals surface area (Å²) in [7, 11) is 1.59. The van der Waals surface area contributed by atoms with Crippen LogP contribution >= 0.6 is 0 Å². The summed E-state index contributed by atoms with van der Waals surface area (Å²) in [4.78, 5) is 18.2. The number of benzene rings is 1. The fraction of sp³-hybridized carbons (Fsp3) is 0.385. The van der Waals surface area contributed by atoms with Crippen LogP contribution in [0.2, 0.25) is 0 Å². The van der Waals surface area contributed by atoms with E-state index in [0.717, 1.165) is 0 Å². The van der Waals surface area contributed by atoms with E-state index in [9.17, 15) is 8.78 Å². The SMILES string of the molecule is COCC(C)NCc1c(F)cccc1F.O=C(O)C(=O)O. The third-order valence-electron chi connectivity index (χ3n) is 2.29. The molecule has 0 heterocycles. The van der Waals surface area contributed by atoms with Gasteiger partial charge in [0.05, 0.1) is 6.61 Å². The summed E-state index contributed by atoms with van der Waals surface area (Å²) in [5.74, 6) is -4.69. The molecule has 0 amide bonds. The van der Waals surface area contributed by atoms with Gasteiger partial charge in [0.1, 0.15) is 11.6 Å². The number of carboxylic acids is 2. The lowest BCUT2D eigenvalue weighted by molar-refractivity contribution is -0.159. The monoisotopic (exact) mass is 305 g/mol. The van der Waals surface area contributed by atoms with Gasteiger partial charge in [-0.3, -0.25) is 0 Å². The second kappa shape index (κ2) is 9.78. The first-order valence-electron chi connectivity index (χ1n) is 5.91. The molecule has 0 saturated carbocycles. The fourth-order valence-corrected chi connectivity index (χ4v) is 1.29. The Bertz CT molecular complexity index is 449. The van der Waals surface area contributed by atoms with Crippen LogP contribution in [-0.4, -0.2) is 41.9 Å². The highest BCUT2D eigenvalue weighted by molar-refractivity contribution is 6.27. The summed E-state index contributed by atoms with van der Waals surface area (Å²) in [6, 6.07) is 3.92. The van der Waals surface area contributed by atoms with Crippen LogP contribution in [0, 0.1) is 11.6 Å². The number of halogens is 2. The number of carbonyl (C=O) groups is 2. The lowest BCUT2D eigenvalue weighted by atomic mass is 10.2. The van der Waals surface area contributed by atoms with E-state index in [1.807, 2.05) is 6.92 Å². The number of carboxylic acid groups (broad SMARTS) is 2. The minimum atomic E-state index is -1.82. The van der Waals surface area contributed by atoms with Crippen molar-refractivity contribution in [1.29, 1.82) is 0 Å². The zero-order valence-corrected chi connectivity index (χ0v) is 11.6. The van der Waals surface area contributed by atoms with Gasteiger partial charge < -0.3 is 20.3 Å². The van der Waals surface area contributed by atoms with Crippen LogP contribution in [0.15, 0.2) is 18.2 Å². The largest absolute Gasteiger partial charge is 0.473 e. The molecule has 1 atom stereocenters. The molecular formula is C13H17F2NO5. The van der Waals surface area contributed by atoms with Gasteiger partial charge >= 0.3 is 11.9 Å². The van der Waals surface area contributed by atoms with Crippen LogP contribution in [0.25, 0.3) is 0 Å². The molecule has 0 spiro atoms. The van der Waals surface area contributed by atoms with Crippen LogP contribution < -0.4 is 5.32 Å². The summed E-state index contributed by atoms with van der Waals surface area (Å²) in [5.41, 5.74) is 0.0699. The quantitative estimate of drug-likeness (QED) is 0.709. The Morgan fingerprint density at radius 3 is 2.10 bits per heavy atom. The zero-order valence-electron chi connectivity index (χ0n) is 11.6. The van der Waals surface area contributed by atoms with Crippen LogP contribution in [-0.2, 0) is 20.9 Å². The predicted molar refractivity (Wildman–Crippen MR) is 69.8 cm³/mol. The normalized spacial score (nSPS) is 11.2. The second-order valence-electron chi connectivity index (χ2n) is 4.05. The van der Waals surface area contributed by atoms with E-state index >= 15 is 0 Å². The molecule has 0 bridgehead atoms. The molecule has 0 aliphatic rings. The fourth-order valence-electron chi connectivity index (χ4n) is 1.29. The van der Waals surface area contributed by atoms with Gasteiger partial charge in [-0.1, -0.05) is 6.07 Å². The summed E-state index contributed by atoms with van der Waals surface area (Å²) in [6.45, 7) is 2.57. The number of nitrogens with one attached hydrogen (secondary N) is 1. The second-order valence-corrected chi connectivity index (χ2v) is 4.05. The first kappa shape index (κ1) is 18.9. The molecule has 1 rings (SSSR count). The highest BCUT2D eigenvalue weighted by Gasteiger charge is 2.09. The maximum absolute atomic E-state index is 13.2. The van der Waals surface area contributed by atoms with Crippen LogP contribution in [0.3, 0.4) is 0 Å². The molecule has 3 N–H and O–H groups in total. The third-order valence-corrected chi connectivity index (χ3v) is 2.29. The van der Waals surface area contributed by atoms with Crippen molar-refractivity contribution in [1.82, 2.24) is 5.32 Å². The summed E-state index contributed by atoms with van der Waals surface area (Å²) >= 11 is 0. The van der Waals surface area contributed by atoms with Crippen molar-refractivity contribution in [2.45, 2.75) is 19.5 Å². The number of ether oxygens (including phenoxy) is 1.